The van der Waals surface area contributed by atoms with E-state index >= 15 is 0 Å². The lowest BCUT2D eigenvalue weighted by atomic mass is 10.0. The zero-order chi connectivity index (χ0) is 30.0. The molecule has 1 amide bonds. The number of sulfonamides is 1. The quantitative estimate of drug-likeness (QED) is 0.288. The maximum Gasteiger partial charge on any atom is 0.257 e. The van der Waals surface area contributed by atoms with Gasteiger partial charge in [-0.2, -0.15) is 0 Å². The molecule has 12 heteroatoms. The van der Waals surface area contributed by atoms with E-state index in [9.17, 15) is 17.6 Å². The van der Waals surface area contributed by atoms with E-state index in [0.29, 0.717) is 67.4 Å². The third-order valence-corrected chi connectivity index (χ3v) is 9.53. The number of aromatic nitrogens is 2. The van der Waals surface area contributed by atoms with Gasteiger partial charge in [0, 0.05) is 49.6 Å². The number of furan rings is 1. The van der Waals surface area contributed by atoms with Crippen LogP contribution >= 0.6 is 0 Å². The van der Waals surface area contributed by atoms with Gasteiger partial charge in [-0.05, 0) is 55.7 Å². The number of hydrogen-bond acceptors (Lipinski definition) is 7. The Morgan fingerprint density at radius 1 is 1.07 bits per heavy atom. The van der Waals surface area contributed by atoms with Gasteiger partial charge in [0.1, 0.15) is 28.4 Å². The van der Waals surface area contributed by atoms with Crippen LogP contribution in [0, 0.1) is 5.82 Å². The number of amides is 1. The van der Waals surface area contributed by atoms with Crippen molar-refractivity contribution in [3.63, 3.8) is 0 Å². The van der Waals surface area contributed by atoms with E-state index in [1.165, 1.54) is 17.4 Å². The van der Waals surface area contributed by atoms with Crippen LogP contribution in [0.4, 0.5) is 16.0 Å². The first-order valence-electron chi connectivity index (χ1n) is 14.1. The van der Waals surface area contributed by atoms with Gasteiger partial charge in [-0.1, -0.05) is 6.07 Å². The second-order valence-corrected chi connectivity index (χ2v) is 13.0. The van der Waals surface area contributed by atoms with Crippen molar-refractivity contribution in [2.75, 3.05) is 42.6 Å². The topological polar surface area (TPSA) is 110 Å². The molecule has 43 heavy (non-hydrogen) atoms. The minimum Gasteiger partial charge on any atom is -0.470 e. The number of piperidine rings is 1. The zero-order valence-electron chi connectivity index (χ0n) is 24.0. The molecule has 0 unspecified atom stereocenters. The van der Waals surface area contributed by atoms with Crippen molar-refractivity contribution in [1.29, 1.82) is 0 Å². The van der Waals surface area contributed by atoms with E-state index in [1.807, 2.05) is 10.6 Å². The Morgan fingerprint density at radius 3 is 2.60 bits per heavy atom. The number of rotatable bonds is 5. The molecule has 2 aliphatic rings. The van der Waals surface area contributed by atoms with Crippen LogP contribution < -0.4 is 19.3 Å². The fourth-order valence-electron chi connectivity index (χ4n) is 6.04. The highest BCUT2D eigenvalue weighted by atomic mass is 32.2. The van der Waals surface area contributed by atoms with Gasteiger partial charge in [0.05, 0.1) is 28.8 Å². The Kier molecular flexibility index (Phi) is 6.35. The smallest absolute Gasteiger partial charge is 0.257 e. The lowest BCUT2D eigenvalue weighted by Crippen LogP contribution is -2.31. The highest BCUT2D eigenvalue weighted by Gasteiger charge is 2.30. The number of benzene rings is 2. The molecule has 0 radical (unpaired) electrons. The minimum atomic E-state index is -3.68. The van der Waals surface area contributed by atoms with Gasteiger partial charge in [0.2, 0.25) is 15.9 Å². The summed E-state index contributed by atoms with van der Waals surface area (Å²) >= 11 is 0. The molecule has 3 aromatic heterocycles. The minimum absolute atomic E-state index is 0.203. The molecule has 0 atom stereocenters. The van der Waals surface area contributed by atoms with E-state index < -0.39 is 10.0 Å². The van der Waals surface area contributed by atoms with Crippen molar-refractivity contribution < 1.29 is 26.8 Å². The monoisotopic (exact) mass is 603 g/mol. The van der Waals surface area contributed by atoms with Crippen molar-refractivity contribution in [1.82, 2.24) is 14.9 Å². The number of ether oxygens (including phenoxy) is 1. The van der Waals surface area contributed by atoms with Crippen LogP contribution in [0.2, 0.25) is 0 Å². The maximum absolute atomic E-state index is 14.7. The summed E-state index contributed by atoms with van der Waals surface area (Å²) in [5.74, 6) is 0.358. The van der Waals surface area contributed by atoms with Gasteiger partial charge in [0.15, 0.2) is 6.73 Å². The van der Waals surface area contributed by atoms with Gasteiger partial charge < -0.3 is 23.9 Å². The maximum atomic E-state index is 14.7. The van der Waals surface area contributed by atoms with Gasteiger partial charge in [-0.3, -0.25) is 9.10 Å². The molecule has 2 aromatic carbocycles. The fraction of sp³-hybridized carbons (Fsp3) is 0.290. The third kappa shape index (κ3) is 4.39. The third-order valence-electron chi connectivity index (χ3n) is 8.34. The first kappa shape index (κ1) is 27.3. The molecule has 2 aliphatic heterocycles. The Hall–Kier alpha value is -4.58. The van der Waals surface area contributed by atoms with E-state index in [2.05, 4.69) is 10.2 Å². The van der Waals surface area contributed by atoms with E-state index in [-0.39, 0.29) is 18.5 Å². The van der Waals surface area contributed by atoms with Gasteiger partial charge in [0.25, 0.3) is 5.91 Å². The largest absolute Gasteiger partial charge is 0.470 e. The molecule has 5 heterocycles. The Morgan fingerprint density at radius 2 is 1.86 bits per heavy atom. The lowest BCUT2D eigenvalue weighted by molar-refractivity contribution is 0.0964. The molecule has 1 N–H and O–H groups in total. The predicted octanol–water partition coefficient (Wildman–Crippen LogP) is 5.35. The Bertz CT molecular complexity index is 2040. The number of anilines is 2. The highest BCUT2D eigenvalue weighted by Crippen LogP contribution is 2.44. The van der Waals surface area contributed by atoms with Crippen LogP contribution in [-0.2, 0) is 16.8 Å². The molecule has 1 fully saturated rings. The molecular formula is C31H30FN5O5S. The molecule has 222 valence electrons. The molecule has 5 aromatic rings. The number of hydrogen-bond donors (Lipinski definition) is 1. The molecule has 1 saturated heterocycles. The molecule has 0 bridgehead atoms. The summed E-state index contributed by atoms with van der Waals surface area (Å²) in [5, 5.41) is 3.74. The van der Waals surface area contributed by atoms with Crippen molar-refractivity contribution in [3.8, 4) is 28.4 Å². The molecule has 10 nitrogen and oxygen atoms in total. The van der Waals surface area contributed by atoms with Crippen molar-refractivity contribution >= 4 is 49.4 Å². The van der Waals surface area contributed by atoms with Crippen molar-refractivity contribution in [3.05, 3.63) is 59.9 Å². The number of nitrogens with one attached hydrogen (secondary N) is 1. The van der Waals surface area contributed by atoms with Crippen LogP contribution in [0.1, 0.15) is 29.6 Å². The van der Waals surface area contributed by atoms with Gasteiger partial charge in [-0.15, -0.1) is 0 Å². The van der Waals surface area contributed by atoms with E-state index in [4.69, 9.17) is 14.1 Å². The average molecular weight is 604 g/mol. The molecular weight excluding hydrogens is 573 g/mol. The van der Waals surface area contributed by atoms with Crippen LogP contribution in [-0.4, -0.2) is 57.3 Å². The van der Waals surface area contributed by atoms with E-state index in [1.54, 1.807) is 43.4 Å². The van der Waals surface area contributed by atoms with Crippen LogP contribution in [0.15, 0.2) is 52.9 Å². The lowest BCUT2D eigenvalue weighted by Gasteiger charge is -2.26. The number of nitrogens with zero attached hydrogens (tertiary/aromatic N) is 4. The summed E-state index contributed by atoms with van der Waals surface area (Å²) in [4.78, 5) is 20.3. The predicted molar refractivity (Wildman–Crippen MR) is 164 cm³/mol. The Labute approximate surface area is 247 Å². The molecule has 0 saturated carbocycles. The van der Waals surface area contributed by atoms with Crippen LogP contribution in [0.25, 0.3) is 44.5 Å². The summed E-state index contributed by atoms with van der Waals surface area (Å²) in [6.45, 7) is 1.72. The van der Waals surface area contributed by atoms with Crippen molar-refractivity contribution in [2.24, 2.45) is 0 Å². The summed E-state index contributed by atoms with van der Waals surface area (Å²) in [6.07, 6.45) is 4.21. The fourth-order valence-corrected chi connectivity index (χ4v) is 6.55. The molecule has 0 spiro atoms. The van der Waals surface area contributed by atoms with Crippen LogP contribution in [0.3, 0.4) is 0 Å². The molecule has 0 aliphatic carbocycles. The first-order valence-corrected chi connectivity index (χ1v) is 15.9. The van der Waals surface area contributed by atoms with Crippen LogP contribution in [0.5, 0.6) is 5.75 Å². The summed E-state index contributed by atoms with van der Waals surface area (Å²) in [7, 11) is -0.645. The summed E-state index contributed by atoms with van der Waals surface area (Å²) in [6, 6.07) is 13.6. The first-order chi connectivity index (χ1) is 20.7. The van der Waals surface area contributed by atoms with E-state index in [0.717, 1.165) is 38.6 Å². The van der Waals surface area contributed by atoms with Gasteiger partial charge >= 0.3 is 0 Å². The summed E-state index contributed by atoms with van der Waals surface area (Å²) < 4.78 is 55.6. The summed E-state index contributed by atoms with van der Waals surface area (Å²) in [5.41, 5.74) is 3.94. The zero-order valence-corrected chi connectivity index (χ0v) is 24.8. The molecule has 7 rings (SSSR count). The number of carbonyl (C=O) groups excluding carboxylic acids is 1. The number of halogens is 1. The highest BCUT2D eigenvalue weighted by molar-refractivity contribution is 7.92. The second-order valence-electron chi connectivity index (χ2n) is 11.0. The SMILES string of the molecule is CNC(=O)c1c(N2CCCCC2)oc2cc(N(C)S(C)(=O)=O)c(-c3ccc4c(n3)-c3cc5c(F)cccc5n3CO4)cc12. The van der Waals surface area contributed by atoms with Crippen molar-refractivity contribution in [2.45, 2.75) is 26.0 Å². The van der Waals surface area contributed by atoms with Gasteiger partial charge in [-0.25, -0.2) is 17.8 Å². The standard InChI is InChI=1S/C31H30FN5O5S/c1-33-30(38)28-20-14-19(24(35(2)43(3,39)40)16-27(20)42-31(28)36-12-5-4-6-13-36)22-10-11-26-29(34-22)25-15-18-21(32)8-7-9-23(18)37(25)17-41-26/h7-11,14-16H,4-6,12-13,17H2,1-3H3,(H,33,38). The average Bonchev–Trinajstić information content (AvgIpc) is 3.59. The Balaban J connectivity index is 1.47. The normalized spacial score (nSPS) is 14.8. The number of pyridine rings is 1. The number of fused-ring (bicyclic) bond motifs is 6. The number of carbonyl (C=O) groups is 1. The second kappa shape index (κ2) is 10.0.